The van der Waals surface area contributed by atoms with Crippen LogP contribution >= 0.6 is 0 Å². The van der Waals surface area contributed by atoms with Crippen molar-refractivity contribution in [3.63, 3.8) is 0 Å². The molecule has 5 nitrogen and oxygen atoms in total. The molecule has 0 rings (SSSR count). The normalized spacial score (nSPS) is 10.0. The molecule has 0 aliphatic carbocycles. The molecule has 0 fully saturated rings. The zero-order valence-electron chi connectivity index (χ0n) is 8.91. The van der Waals surface area contributed by atoms with Crippen molar-refractivity contribution >= 4 is 11.9 Å². The monoisotopic (exact) mass is 203 g/mol. The molecule has 0 atom stereocenters. The second-order valence-electron chi connectivity index (χ2n) is 2.68. The number of carbonyl (C=O) groups excluding carboxylic acids is 2. The molecular weight excluding hydrogens is 186 g/mol. The molecule has 14 heavy (non-hydrogen) atoms. The number of ether oxygens (including phenoxy) is 2. The van der Waals surface area contributed by atoms with Crippen molar-refractivity contribution in [1.82, 2.24) is 4.90 Å². The fraction of sp³-hybridized carbons (Fsp3) is 0.778. The van der Waals surface area contributed by atoms with Gasteiger partial charge < -0.3 is 9.47 Å². The van der Waals surface area contributed by atoms with E-state index in [0.29, 0.717) is 13.2 Å². The summed E-state index contributed by atoms with van der Waals surface area (Å²) in [4.78, 5) is 23.6. The van der Waals surface area contributed by atoms with Crippen molar-refractivity contribution in [2.75, 3.05) is 33.4 Å². The predicted octanol–water partition coefficient (Wildman–Crippen LogP) is 0.0444. The van der Waals surface area contributed by atoms with Gasteiger partial charge in [0.15, 0.2) is 0 Å². The molecular formula is C9H17NO4. The van der Waals surface area contributed by atoms with Crippen molar-refractivity contribution in [3.05, 3.63) is 0 Å². The summed E-state index contributed by atoms with van der Waals surface area (Å²) in [5.74, 6) is -0.672. The number of esters is 2. The van der Waals surface area contributed by atoms with Crippen LogP contribution < -0.4 is 0 Å². The highest BCUT2D eigenvalue weighted by Gasteiger charge is 2.13. The van der Waals surface area contributed by atoms with Crippen LogP contribution in [0.15, 0.2) is 0 Å². The van der Waals surface area contributed by atoms with Crippen LogP contribution in [0.1, 0.15) is 13.8 Å². The molecule has 0 aliphatic heterocycles. The molecule has 0 aromatic heterocycles. The highest BCUT2D eigenvalue weighted by Crippen LogP contribution is 1.91. The van der Waals surface area contributed by atoms with E-state index in [4.69, 9.17) is 4.74 Å². The van der Waals surface area contributed by atoms with Gasteiger partial charge in [-0.05, 0) is 13.5 Å². The van der Waals surface area contributed by atoms with Crippen molar-refractivity contribution < 1.29 is 19.1 Å². The summed E-state index contributed by atoms with van der Waals surface area (Å²) in [7, 11) is 1.32. The summed E-state index contributed by atoms with van der Waals surface area (Å²) in [5, 5.41) is 0. The lowest BCUT2D eigenvalue weighted by Gasteiger charge is -2.17. The van der Waals surface area contributed by atoms with Crippen LogP contribution in [0.4, 0.5) is 0 Å². The summed E-state index contributed by atoms with van der Waals surface area (Å²) in [5.41, 5.74) is 0. The Kier molecular flexibility index (Phi) is 6.74. The molecule has 0 aliphatic rings. The molecule has 0 spiro atoms. The number of methoxy groups -OCH3 is 1. The number of hydrogen-bond acceptors (Lipinski definition) is 5. The Hall–Kier alpha value is -1.10. The van der Waals surface area contributed by atoms with Gasteiger partial charge in [0, 0.05) is 0 Å². The SMILES string of the molecule is CCOC(=O)CN(CC)CC(=O)OC. The maximum absolute atomic E-state index is 11.1. The molecule has 0 saturated heterocycles. The predicted molar refractivity (Wildman–Crippen MR) is 50.8 cm³/mol. The molecule has 0 aromatic rings. The third-order valence-electron chi connectivity index (χ3n) is 1.69. The summed E-state index contributed by atoms with van der Waals surface area (Å²) in [6.07, 6.45) is 0. The largest absolute Gasteiger partial charge is 0.468 e. The van der Waals surface area contributed by atoms with Gasteiger partial charge in [-0.1, -0.05) is 6.92 Å². The number of carbonyl (C=O) groups is 2. The highest BCUT2D eigenvalue weighted by atomic mass is 16.5. The van der Waals surface area contributed by atoms with Crippen molar-refractivity contribution in [3.8, 4) is 0 Å². The third-order valence-corrected chi connectivity index (χ3v) is 1.69. The average Bonchev–Trinajstić information content (AvgIpc) is 2.16. The maximum atomic E-state index is 11.1. The van der Waals surface area contributed by atoms with E-state index in [2.05, 4.69) is 4.74 Å². The number of nitrogens with zero attached hydrogens (tertiary/aromatic N) is 1. The van der Waals surface area contributed by atoms with Crippen molar-refractivity contribution in [1.29, 1.82) is 0 Å². The van der Waals surface area contributed by atoms with Gasteiger partial charge in [-0.15, -0.1) is 0 Å². The second kappa shape index (κ2) is 7.32. The Morgan fingerprint density at radius 3 is 2.14 bits per heavy atom. The van der Waals surface area contributed by atoms with Gasteiger partial charge in [0.05, 0.1) is 26.8 Å². The molecule has 0 heterocycles. The fourth-order valence-electron chi connectivity index (χ4n) is 0.916. The van der Waals surface area contributed by atoms with Crippen LogP contribution in [-0.4, -0.2) is 50.2 Å². The second-order valence-corrected chi connectivity index (χ2v) is 2.68. The van der Waals surface area contributed by atoms with E-state index in [1.807, 2.05) is 6.92 Å². The lowest BCUT2D eigenvalue weighted by atomic mass is 10.4. The molecule has 0 unspecified atom stereocenters. The summed E-state index contributed by atoms with van der Waals surface area (Å²) < 4.78 is 9.25. The lowest BCUT2D eigenvalue weighted by Crippen LogP contribution is -2.35. The van der Waals surface area contributed by atoms with Gasteiger partial charge in [0.25, 0.3) is 0 Å². The van der Waals surface area contributed by atoms with E-state index >= 15 is 0 Å². The van der Waals surface area contributed by atoms with Gasteiger partial charge in [-0.3, -0.25) is 14.5 Å². The molecule has 0 N–H and O–H groups in total. The molecule has 0 saturated carbocycles. The van der Waals surface area contributed by atoms with E-state index in [9.17, 15) is 9.59 Å². The van der Waals surface area contributed by atoms with Gasteiger partial charge in [0.2, 0.25) is 0 Å². The van der Waals surface area contributed by atoms with E-state index in [-0.39, 0.29) is 25.0 Å². The third kappa shape index (κ3) is 5.53. The summed E-state index contributed by atoms with van der Waals surface area (Å²) in [6.45, 7) is 4.81. The Labute approximate surface area is 84.0 Å². The zero-order valence-corrected chi connectivity index (χ0v) is 8.91. The average molecular weight is 203 g/mol. The van der Waals surface area contributed by atoms with Gasteiger partial charge >= 0.3 is 11.9 Å². The number of likely N-dealkylation sites (N-methyl/N-ethyl adjacent to an activating group) is 1. The minimum Gasteiger partial charge on any atom is -0.468 e. The van der Waals surface area contributed by atoms with Gasteiger partial charge in [-0.25, -0.2) is 0 Å². The Morgan fingerprint density at radius 1 is 1.14 bits per heavy atom. The van der Waals surface area contributed by atoms with Crippen LogP contribution in [0.5, 0.6) is 0 Å². The zero-order chi connectivity index (χ0) is 11.0. The van der Waals surface area contributed by atoms with Crippen LogP contribution in [0, 0.1) is 0 Å². The van der Waals surface area contributed by atoms with Gasteiger partial charge in [-0.2, -0.15) is 0 Å². The van der Waals surface area contributed by atoms with E-state index in [0.717, 1.165) is 0 Å². The minimum atomic E-state index is -0.351. The first-order chi connectivity index (χ1) is 6.63. The van der Waals surface area contributed by atoms with Crippen LogP contribution in [0.25, 0.3) is 0 Å². The van der Waals surface area contributed by atoms with Crippen molar-refractivity contribution in [2.24, 2.45) is 0 Å². The molecule has 0 aromatic carbocycles. The lowest BCUT2D eigenvalue weighted by molar-refractivity contribution is -0.146. The van der Waals surface area contributed by atoms with Crippen LogP contribution in [0.2, 0.25) is 0 Å². The maximum Gasteiger partial charge on any atom is 0.320 e. The molecule has 5 heteroatoms. The van der Waals surface area contributed by atoms with Gasteiger partial charge in [0.1, 0.15) is 0 Å². The fourth-order valence-corrected chi connectivity index (χ4v) is 0.916. The Balaban J connectivity index is 3.89. The number of rotatable bonds is 6. The molecule has 0 amide bonds. The first-order valence-electron chi connectivity index (χ1n) is 4.58. The summed E-state index contributed by atoms with van der Waals surface area (Å²) >= 11 is 0. The standard InChI is InChI=1S/C9H17NO4/c1-4-10(6-8(11)13-3)7-9(12)14-5-2/h4-7H2,1-3H3. The molecule has 82 valence electrons. The molecule has 0 radical (unpaired) electrons. The highest BCUT2D eigenvalue weighted by molar-refractivity contribution is 5.74. The van der Waals surface area contributed by atoms with Crippen LogP contribution in [-0.2, 0) is 19.1 Å². The molecule has 0 bridgehead atoms. The van der Waals surface area contributed by atoms with E-state index in [1.54, 1.807) is 11.8 Å². The Bertz CT molecular complexity index is 193. The van der Waals surface area contributed by atoms with E-state index < -0.39 is 0 Å². The first-order valence-corrected chi connectivity index (χ1v) is 4.58. The quantitative estimate of drug-likeness (QED) is 0.571. The summed E-state index contributed by atoms with van der Waals surface area (Å²) in [6, 6.07) is 0. The minimum absolute atomic E-state index is 0.117. The Morgan fingerprint density at radius 2 is 1.71 bits per heavy atom. The van der Waals surface area contributed by atoms with Crippen LogP contribution in [0.3, 0.4) is 0 Å². The first kappa shape index (κ1) is 12.9. The topological polar surface area (TPSA) is 55.8 Å². The van der Waals surface area contributed by atoms with E-state index in [1.165, 1.54) is 7.11 Å². The van der Waals surface area contributed by atoms with Crippen molar-refractivity contribution in [2.45, 2.75) is 13.8 Å². The smallest absolute Gasteiger partial charge is 0.320 e. The number of hydrogen-bond donors (Lipinski definition) is 0.